The molecule has 0 spiro atoms. The van der Waals surface area contributed by atoms with E-state index in [0.717, 1.165) is 11.3 Å². The number of nitrogens with one attached hydrogen (secondary N) is 1. The number of hydrogen-bond donors (Lipinski definition) is 1. The third-order valence-electron chi connectivity index (χ3n) is 2.06. The number of nitrogens with zero attached hydrogens (tertiary/aromatic N) is 2. The molecule has 2 aromatic heterocycles. The van der Waals surface area contributed by atoms with Crippen molar-refractivity contribution < 1.29 is 9.53 Å². The Kier molecular flexibility index (Phi) is 2.95. The van der Waals surface area contributed by atoms with Crippen LogP contribution in [0.3, 0.4) is 0 Å². The van der Waals surface area contributed by atoms with Crippen molar-refractivity contribution in [2.45, 2.75) is 6.92 Å². The average molecular weight is 217 g/mol. The molecule has 0 aliphatic heterocycles. The summed E-state index contributed by atoms with van der Waals surface area (Å²) < 4.78 is 4.90. The first-order valence-electron chi connectivity index (χ1n) is 4.93. The lowest BCUT2D eigenvalue weighted by atomic mass is 10.1. The number of hydrogen-bond acceptors (Lipinski definition) is 4. The van der Waals surface area contributed by atoms with Crippen LogP contribution in [0.4, 0.5) is 0 Å². The highest BCUT2D eigenvalue weighted by Crippen LogP contribution is 2.16. The highest BCUT2D eigenvalue weighted by Gasteiger charge is 2.08. The second-order valence-corrected chi connectivity index (χ2v) is 3.15. The van der Waals surface area contributed by atoms with Gasteiger partial charge >= 0.3 is 5.97 Å². The number of esters is 1. The highest BCUT2D eigenvalue weighted by atomic mass is 16.5. The summed E-state index contributed by atoms with van der Waals surface area (Å²) in [5.74, 6) is -0.364. The van der Waals surface area contributed by atoms with Crippen molar-refractivity contribution in [3.8, 4) is 11.3 Å². The van der Waals surface area contributed by atoms with Gasteiger partial charge in [0.15, 0.2) is 0 Å². The van der Waals surface area contributed by atoms with Crippen molar-refractivity contribution in [3.63, 3.8) is 0 Å². The lowest BCUT2D eigenvalue weighted by Crippen LogP contribution is -2.05. The van der Waals surface area contributed by atoms with Crippen molar-refractivity contribution in [3.05, 3.63) is 36.3 Å². The molecule has 82 valence electrons. The van der Waals surface area contributed by atoms with Crippen LogP contribution in [0.25, 0.3) is 11.3 Å². The molecule has 0 amide bonds. The summed E-state index contributed by atoms with van der Waals surface area (Å²) in [4.78, 5) is 15.5. The Morgan fingerprint density at radius 3 is 3.06 bits per heavy atom. The Labute approximate surface area is 92.5 Å². The zero-order valence-electron chi connectivity index (χ0n) is 8.80. The van der Waals surface area contributed by atoms with Gasteiger partial charge in [-0.05, 0) is 19.1 Å². The van der Waals surface area contributed by atoms with Crippen LogP contribution in [0.15, 0.2) is 30.7 Å². The predicted octanol–water partition coefficient (Wildman–Crippen LogP) is 1.65. The van der Waals surface area contributed by atoms with Gasteiger partial charge < -0.3 is 4.74 Å². The van der Waals surface area contributed by atoms with E-state index in [9.17, 15) is 4.79 Å². The summed E-state index contributed by atoms with van der Waals surface area (Å²) in [7, 11) is 0. The van der Waals surface area contributed by atoms with Gasteiger partial charge in [0.05, 0.1) is 17.9 Å². The van der Waals surface area contributed by atoms with Crippen LogP contribution in [-0.2, 0) is 4.74 Å². The van der Waals surface area contributed by atoms with Crippen LogP contribution in [0.1, 0.15) is 17.3 Å². The average Bonchev–Trinajstić information content (AvgIpc) is 2.83. The number of aromatic nitrogens is 3. The van der Waals surface area contributed by atoms with E-state index in [2.05, 4.69) is 15.2 Å². The number of pyridine rings is 1. The molecule has 2 aromatic rings. The minimum atomic E-state index is -0.364. The van der Waals surface area contributed by atoms with Gasteiger partial charge in [0, 0.05) is 24.2 Å². The predicted molar refractivity (Wildman–Crippen MR) is 57.8 cm³/mol. The minimum absolute atomic E-state index is 0.354. The van der Waals surface area contributed by atoms with Crippen LogP contribution in [0.5, 0.6) is 0 Å². The lowest BCUT2D eigenvalue weighted by molar-refractivity contribution is 0.0526. The summed E-state index contributed by atoms with van der Waals surface area (Å²) in [6.45, 7) is 2.12. The Bertz CT molecular complexity index is 480. The van der Waals surface area contributed by atoms with Gasteiger partial charge in [0.1, 0.15) is 0 Å². The molecule has 0 radical (unpaired) electrons. The number of aromatic amines is 1. The van der Waals surface area contributed by atoms with Gasteiger partial charge in [-0.25, -0.2) is 4.79 Å². The maximum atomic E-state index is 11.5. The van der Waals surface area contributed by atoms with E-state index in [1.165, 1.54) is 6.20 Å². The molecule has 16 heavy (non-hydrogen) atoms. The zero-order valence-corrected chi connectivity index (χ0v) is 8.80. The van der Waals surface area contributed by atoms with E-state index in [0.29, 0.717) is 12.2 Å². The number of carbonyl (C=O) groups excluding carboxylic acids is 1. The molecule has 5 heteroatoms. The largest absolute Gasteiger partial charge is 0.462 e. The zero-order chi connectivity index (χ0) is 11.4. The van der Waals surface area contributed by atoms with E-state index in [1.54, 1.807) is 25.4 Å². The van der Waals surface area contributed by atoms with E-state index in [1.807, 2.05) is 6.07 Å². The lowest BCUT2D eigenvalue weighted by Gasteiger charge is -2.02. The summed E-state index contributed by atoms with van der Waals surface area (Å²) in [6.07, 6.45) is 4.79. The Balaban J connectivity index is 2.30. The van der Waals surface area contributed by atoms with Crippen molar-refractivity contribution >= 4 is 5.97 Å². The Hall–Kier alpha value is -2.17. The first-order chi connectivity index (χ1) is 7.81. The van der Waals surface area contributed by atoms with Crippen molar-refractivity contribution in [1.29, 1.82) is 0 Å². The maximum Gasteiger partial charge on any atom is 0.339 e. The third-order valence-corrected chi connectivity index (χ3v) is 2.06. The van der Waals surface area contributed by atoms with Gasteiger partial charge in [0.25, 0.3) is 0 Å². The monoisotopic (exact) mass is 217 g/mol. The van der Waals surface area contributed by atoms with Crippen LogP contribution < -0.4 is 0 Å². The van der Waals surface area contributed by atoms with Crippen LogP contribution in [-0.4, -0.2) is 27.8 Å². The third kappa shape index (κ3) is 2.08. The fourth-order valence-electron chi connectivity index (χ4n) is 1.33. The maximum absolute atomic E-state index is 11.5. The molecular weight excluding hydrogens is 206 g/mol. The molecule has 2 heterocycles. The Morgan fingerprint density at radius 1 is 1.50 bits per heavy atom. The van der Waals surface area contributed by atoms with Crippen molar-refractivity contribution in [2.75, 3.05) is 6.61 Å². The summed E-state index contributed by atoms with van der Waals surface area (Å²) in [5, 5.41) is 6.65. The first-order valence-corrected chi connectivity index (χ1v) is 4.93. The standard InChI is InChI=1S/C11H11N3O2/c1-2-16-11(15)9-5-8(6-12-7-9)10-3-4-13-14-10/h3-7H,2H2,1H3,(H,13,14). The van der Waals surface area contributed by atoms with E-state index < -0.39 is 0 Å². The van der Waals surface area contributed by atoms with Gasteiger partial charge in [0.2, 0.25) is 0 Å². The molecule has 0 saturated carbocycles. The molecule has 0 fully saturated rings. The van der Waals surface area contributed by atoms with Crippen LogP contribution >= 0.6 is 0 Å². The molecule has 0 bridgehead atoms. The molecule has 0 aromatic carbocycles. The van der Waals surface area contributed by atoms with Gasteiger partial charge in [-0.2, -0.15) is 5.10 Å². The topological polar surface area (TPSA) is 67.9 Å². The number of ether oxygens (including phenoxy) is 1. The van der Waals surface area contributed by atoms with Gasteiger partial charge in [-0.3, -0.25) is 10.1 Å². The smallest absolute Gasteiger partial charge is 0.339 e. The molecule has 5 nitrogen and oxygen atoms in total. The second-order valence-electron chi connectivity index (χ2n) is 3.15. The van der Waals surface area contributed by atoms with Crippen molar-refractivity contribution in [2.24, 2.45) is 0 Å². The van der Waals surface area contributed by atoms with E-state index in [4.69, 9.17) is 4.74 Å². The molecule has 0 aliphatic rings. The molecule has 0 atom stereocenters. The minimum Gasteiger partial charge on any atom is -0.462 e. The fourth-order valence-corrected chi connectivity index (χ4v) is 1.33. The van der Waals surface area contributed by atoms with E-state index >= 15 is 0 Å². The van der Waals surface area contributed by atoms with Crippen LogP contribution in [0, 0.1) is 0 Å². The van der Waals surface area contributed by atoms with E-state index in [-0.39, 0.29) is 5.97 Å². The molecular formula is C11H11N3O2. The van der Waals surface area contributed by atoms with Crippen molar-refractivity contribution in [1.82, 2.24) is 15.2 Å². The quantitative estimate of drug-likeness (QED) is 0.794. The van der Waals surface area contributed by atoms with Crippen LogP contribution in [0.2, 0.25) is 0 Å². The fraction of sp³-hybridized carbons (Fsp3) is 0.182. The normalized spacial score (nSPS) is 10.1. The first kappa shape index (κ1) is 10.4. The Morgan fingerprint density at radius 2 is 2.38 bits per heavy atom. The molecule has 0 saturated heterocycles. The highest BCUT2D eigenvalue weighted by molar-refractivity contribution is 5.90. The van der Waals surface area contributed by atoms with Gasteiger partial charge in [-0.15, -0.1) is 0 Å². The molecule has 0 aliphatic carbocycles. The molecule has 0 unspecified atom stereocenters. The molecule has 2 rings (SSSR count). The summed E-state index contributed by atoms with van der Waals surface area (Å²) in [5.41, 5.74) is 2.07. The number of carbonyl (C=O) groups is 1. The molecule has 1 N–H and O–H groups in total. The summed E-state index contributed by atoms with van der Waals surface area (Å²) >= 11 is 0. The SMILES string of the molecule is CCOC(=O)c1cncc(-c2ccn[nH]2)c1. The number of rotatable bonds is 3. The second kappa shape index (κ2) is 4.57. The number of H-pyrrole nitrogens is 1. The van der Waals surface area contributed by atoms with Gasteiger partial charge in [-0.1, -0.05) is 0 Å². The summed E-state index contributed by atoms with van der Waals surface area (Å²) in [6, 6.07) is 3.53.